The van der Waals surface area contributed by atoms with Gasteiger partial charge in [-0.2, -0.15) is 0 Å². The molecule has 0 radical (unpaired) electrons. The van der Waals surface area contributed by atoms with Gasteiger partial charge in [-0.15, -0.1) is 0 Å². The molecule has 4 aliphatic rings. The van der Waals surface area contributed by atoms with Crippen molar-refractivity contribution in [2.75, 3.05) is 0 Å². The second-order valence-corrected chi connectivity index (χ2v) is 8.87. The van der Waals surface area contributed by atoms with Crippen molar-refractivity contribution in [2.45, 2.75) is 57.8 Å². The molecule has 0 spiro atoms. The van der Waals surface area contributed by atoms with Gasteiger partial charge in [0.15, 0.2) is 5.78 Å². The second kappa shape index (κ2) is 5.77. The fraction of sp³-hybridized carbons (Fsp3) is 0.500. The number of allylic oxidation sites excluding steroid dienone is 4. The molecular weight excluding hydrogens is 320 g/mol. The molecular formula is C24H26O2. The van der Waals surface area contributed by atoms with Gasteiger partial charge in [0.05, 0.1) is 0 Å². The Morgan fingerprint density at radius 2 is 1.77 bits per heavy atom. The molecule has 1 aromatic rings. The summed E-state index contributed by atoms with van der Waals surface area (Å²) in [6, 6.07) is 10.8. The topological polar surface area (TPSA) is 34.1 Å². The molecule has 0 N–H and O–H groups in total. The number of Topliss-reactive ketones (excluding diaryl/α,β-unsaturated/α-hetero) is 1. The fourth-order valence-corrected chi connectivity index (χ4v) is 6.42. The van der Waals surface area contributed by atoms with Crippen LogP contribution in [0.5, 0.6) is 0 Å². The first kappa shape index (κ1) is 16.2. The average molecular weight is 346 g/mol. The number of carbonyl (C=O) groups is 2. The monoisotopic (exact) mass is 346 g/mol. The zero-order chi connectivity index (χ0) is 17.9. The lowest BCUT2D eigenvalue weighted by atomic mass is 9.53. The summed E-state index contributed by atoms with van der Waals surface area (Å²) in [4.78, 5) is 24.8. The molecule has 0 amide bonds. The van der Waals surface area contributed by atoms with Crippen LogP contribution in [0.15, 0.2) is 53.1 Å². The van der Waals surface area contributed by atoms with E-state index in [0.29, 0.717) is 30.0 Å². The number of hydrogen-bond donors (Lipinski definition) is 0. The molecule has 2 heteroatoms. The van der Waals surface area contributed by atoms with E-state index in [4.69, 9.17) is 0 Å². The molecule has 26 heavy (non-hydrogen) atoms. The quantitative estimate of drug-likeness (QED) is 0.704. The Morgan fingerprint density at radius 1 is 0.962 bits per heavy atom. The van der Waals surface area contributed by atoms with Gasteiger partial charge in [-0.25, -0.2) is 0 Å². The third kappa shape index (κ3) is 2.24. The summed E-state index contributed by atoms with van der Waals surface area (Å²) in [5, 5.41) is 0. The number of ketones is 2. The van der Waals surface area contributed by atoms with Gasteiger partial charge in [-0.1, -0.05) is 42.8 Å². The highest BCUT2D eigenvalue weighted by Gasteiger charge is 2.56. The van der Waals surface area contributed by atoms with Crippen molar-refractivity contribution in [2.24, 2.45) is 17.3 Å². The van der Waals surface area contributed by atoms with E-state index in [9.17, 15) is 9.59 Å². The molecule has 4 aliphatic carbocycles. The molecule has 0 bridgehead atoms. The fourth-order valence-electron chi connectivity index (χ4n) is 6.42. The minimum Gasteiger partial charge on any atom is -0.299 e. The first-order chi connectivity index (χ1) is 12.6. The minimum absolute atomic E-state index is 0.166. The average Bonchev–Trinajstić information content (AvgIpc) is 2.96. The molecule has 0 heterocycles. The Morgan fingerprint density at radius 3 is 2.58 bits per heavy atom. The molecule has 0 unspecified atom stereocenters. The normalized spacial score (nSPS) is 36.3. The molecule has 0 aliphatic heterocycles. The van der Waals surface area contributed by atoms with Gasteiger partial charge in [0.1, 0.15) is 5.78 Å². The van der Waals surface area contributed by atoms with E-state index in [1.807, 2.05) is 6.08 Å². The smallest absolute Gasteiger partial charge is 0.156 e. The lowest BCUT2D eigenvalue weighted by molar-refractivity contribution is -0.128. The summed E-state index contributed by atoms with van der Waals surface area (Å²) < 4.78 is 0. The highest BCUT2D eigenvalue weighted by molar-refractivity contribution is 5.93. The van der Waals surface area contributed by atoms with Crippen LogP contribution in [-0.2, 0) is 9.59 Å². The lowest BCUT2D eigenvalue weighted by Crippen LogP contribution is -2.43. The molecule has 4 atom stereocenters. The third-order valence-electron chi connectivity index (χ3n) is 7.65. The van der Waals surface area contributed by atoms with Gasteiger partial charge in [0.2, 0.25) is 0 Å². The van der Waals surface area contributed by atoms with Crippen LogP contribution in [-0.4, -0.2) is 11.6 Å². The first-order valence-electron chi connectivity index (χ1n) is 10.1. The van der Waals surface area contributed by atoms with Crippen molar-refractivity contribution in [3.8, 4) is 0 Å². The molecule has 134 valence electrons. The van der Waals surface area contributed by atoms with Gasteiger partial charge in [-0.05, 0) is 66.7 Å². The molecule has 1 aromatic carbocycles. The van der Waals surface area contributed by atoms with E-state index in [-0.39, 0.29) is 11.2 Å². The van der Waals surface area contributed by atoms with Gasteiger partial charge in [0.25, 0.3) is 0 Å². The van der Waals surface area contributed by atoms with Gasteiger partial charge in [0, 0.05) is 24.2 Å². The van der Waals surface area contributed by atoms with Crippen LogP contribution in [0.3, 0.4) is 0 Å². The standard InChI is InChI=1S/C24H26O2/c1-24-14-20(15-5-3-2-4-6-15)23-18-10-8-17(25)13-16(18)7-9-19(23)21(24)11-12-22(24)26/h2-6,13,19-21H,7-12,14H2,1H3/t19-,20+,21-,24-/m0/s1. The van der Waals surface area contributed by atoms with Crippen molar-refractivity contribution in [3.05, 3.63) is 58.7 Å². The maximum absolute atomic E-state index is 12.8. The summed E-state index contributed by atoms with van der Waals surface area (Å²) in [6.45, 7) is 2.24. The Labute approximate surface area is 155 Å². The molecule has 0 saturated heterocycles. The van der Waals surface area contributed by atoms with Crippen LogP contribution in [0, 0.1) is 17.3 Å². The van der Waals surface area contributed by atoms with E-state index < -0.39 is 0 Å². The predicted molar refractivity (Wildman–Crippen MR) is 102 cm³/mol. The van der Waals surface area contributed by atoms with Crippen molar-refractivity contribution in [1.82, 2.24) is 0 Å². The van der Waals surface area contributed by atoms with Crippen molar-refractivity contribution < 1.29 is 9.59 Å². The number of rotatable bonds is 1. The predicted octanol–water partition coefficient (Wildman–Crippen LogP) is 5.16. The summed E-state index contributed by atoms with van der Waals surface area (Å²) in [7, 11) is 0. The third-order valence-corrected chi connectivity index (χ3v) is 7.65. The summed E-state index contributed by atoms with van der Waals surface area (Å²) >= 11 is 0. The van der Waals surface area contributed by atoms with Gasteiger partial charge < -0.3 is 0 Å². The van der Waals surface area contributed by atoms with Crippen LogP contribution < -0.4 is 0 Å². The Hall–Kier alpha value is -1.96. The molecule has 0 aromatic heterocycles. The van der Waals surface area contributed by atoms with Gasteiger partial charge >= 0.3 is 0 Å². The van der Waals surface area contributed by atoms with E-state index in [2.05, 4.69) is 37.3 Å². The molecule has 2 fully saturated rings. The summed E-state index contributed by atoms with van der Waals surface area (Å²) in [6.07, 6.45) is 8.33. The van der Waals surface area contributed by atoms with Crippen LogP contribution in [0.25, 0.3) is 0 Å². The Balaban J connectivity index is 1.70. The summed E-state index contributed by atoms with van der Waals surface area (Å²) in [5.41, 5.74) is 5.52. The van der Waals surface area contributed by atoms with Crippen molar-refractivity contribution in [3.63, 3.8) is 0 Å². The van der Waals surface area contributed by atoms with Crippen LogP contribution >= 0.6 is 0 Å². The van der Waals surface area contributed by atoms with Gasteiger partial charge in [-0.3, -0.25) is 9.59 Å². The number of carbonyl (C=O) groups excluding carboxylic acids is 2. The van der Waals surface area contributed by atoms with Crippen molar-refractivity contribution in [1.29, 1.82) is 0 Å². The first-order valence-corrected chi connectivity index (χ1v) is 10.1. The maximum Gasteiger partial charge on any atom is 0.156 e. The zero-order valence-electron chi connectivity index (χ0n) is 15.5. The van der Waals surface area contributed by atoms with Crippen LogP contribution in [0.2, 0.25) is 0 Å². The Kier molecular flexibility index (Phi) is 3.60. The molecule has 5 rings (SSSR count). The highest BCUT2D eigenvalue weighted by Crippen LogP contribution is 2.62. The lowest BCUT2D eigenvalue weighted by Gasteiger charge is -2.50. The maximum atomic E-state index is 12.8. The van der Waals surface area contributed by atoms with Crippen LogP contribution in [0.1, 0.15) is 63.4 Å². The van der Waals surface area contributed by atoms with Crippen LogP contribution in [0.4, 0.5) is 0 Å². The van der Waals surface area contributed by atoms with E-state index in [1.165, 1.54) is 16.7 Å². The van der Waals surface area contributed by atoms with E-state index >= 15 is 0 Å². The summed E-state index contributed by atoms with van der Waals surface area (Å²) in [5.74, 6) is 2.11. The number of fused-ring (bicyclic) bond motifs is 4. The van der Waals surface area contributed by atoms with E-state index in [1.54, 1.807) is 5.57 Å². The number of hydrogen-bond acceptors (Lipinski definition) is 2. The molecule has 2 nitrogen and oxygen atoms in total. The molecule has 2 saturated carbocycles. The highest BCUT2D eigenvalue weighted by atomic mass is 16.1. The largest absolute Gasteiger partial charge is 0.299 e. The SMILES string of the molecule is C[C@]12C[C@H](c3ccccc3)C3=C4CCC(=O)C=C4CC[C@H]3[C@@H]1CCC2=O. The Bertz CT molecular complexity index is 844. The zero-order valence-corrected chi connectivity index (χ0v) is 15.5. The van der Waals surface area contributed by atoms with Crippen molar-refractivity contribution >= 4 is 11.6 Å². The van der Waals surface area contributed by atoms with E-state index in [0.717, 1.165) is 38.5 Å². The number of benzene rings is 1. The second-order valence-electron chi connectivity index (χ2n) is 8.87. The minimum atomic E-state index is -0.166.